The van der Waals surface area contributed by atoms with E-state index in [9.17, 15) is 9.59 Å². The molecule has 0 bridgehead atoms. The molecule has 0 saturated heterocycles. The predicted octanol–water partition coefficient (Wildman–Crippen LogP) is 3.81. The highest BCUT2D eigenvalue weighted by Gasteiger charge is 2.32. The number of pyridine rings is 1. The van der Waals surface area contributed by atoms with Crippen molar-refractivity contribution < 1.29 is 14.3 Å². The molecule has 0 aliphatic heterocycles. The van der Waals surface area contributed by atoms with E-state index in [0.717, 1.165) is 10.0 Å². The maximum Gasteiger partial charge on any atom is 0.359 e. The second-order valence-electron chi connectivity index (χ2n) is 6.17. The van der Waals surface area contributed by atoms with Crippen molar-refractivity contribution in [1.82, 2.24) is 9.38 Å². The van der Waals surface area contributed by atoms with Crippen LogP contribution in [-0.2, 0) is 4.74 Å². The highest BCUT2D eigenvalue weighted by atomic mass is 79.9. The van der Waals surface area contributed by atoms with Crippen LogP contribution in [0.4, 0.5) is 0 Å². The molecule has 2 aromatic rings. The van der Waals surface area contributed by atoms with Crippen molar-refractivity contribution >= 4 is 33.3 Å². The first-order valence-electron chi connectivity index (χ1n) is 7.07. The molecule has 0 amide bonds. The Hall–Kier alpha value is -1.69. The van der Waals surface area contributed by atoms with Gasteiger partial charge in [0.1, 0.15) is 5.69 Å². The Morgan fingerprint density at radius 1 is 1.36 bits per heavy atom. The lowest BCUT2D eigenvalue weighted by atomic mass is 9.88. The van der Waals surface area contributed by atoms with E-state index in [2.05, 4.69) is 20.9 Å². The summed E-state index contributed by atoms with van der Waals surface area (Å²) in [6, 6.07) is 1.89. The number of hydrogen-bond acceptors (Lipinski definition) is 4. The van der Waals surface area contributed by atoms with E-state index in [1.165, 1.54) is 0 Å². The van der Waals surface area contributed by atoms with E-state index >= 15 is 0 Å². The first-order valence-corrected chi connectivity index (χ1v) is 7.86. The SMILES string of the molecule is CCOC(=O)c1nc2c(Br)cc(C)cn2c1C(=O)C(C)(C)C. The Kier molecular flexibility index (Phi) is 4.42. The van der Waals surface area contributed by atoms with Crippen LogP contribution in [0.25, 0.3) is 5.65 Å². The second kappa shape index (κ2) is 5.83. The first-order chi connectivity index (χ1) is 10.2. The van der Waals surface area contributed by atoms with Gasteiger partial charge in [0, 0.05) is 11.6 Å². The summed E-state index contributed by atoms with van der Waals surface area (Å²) in [6.45, 7) is 9.31. The monoisotopic (exact) mass is 366 g/mol. The summed E-state index contributed by atoms with van der Waals surface area (Å²) in [5.41, 5.74) is 1.18. The number of halogens is 1. The first kappa shape index (κ1) is 16.7. The topological polar surface area (TPSA) is 60.7 Å². The Morgan fingerprint density at radius 3 is 2.55 bits per heavy atom. The molecule has 5 nitrogen and oxygen atoms in total. The van der Waals surface area contributed by atoms with Gasteiger partial charge in [-0.1, -0.05) is 20.8 Å². The number of hydrogen-bond donors (Lipinski definition) is 0. The normalized spacial score (nSPS) is 11.7. The number of carbonyl (C=O) groups excluding carboxylic acids is 2. The second-order valence-corrected chi connectivity index (χ2v) is 7.02. The standard InChI is InChI=1S/C16H19BrN2O3/c1-6-22-15(21)11-12(13(20)16(3,4)5)19-8-9(2)7-10(17)14(19)18-11/h7-8H,6H2,1-5H3. The molecule has 22 heavy (non-hydrogen) atoms. The van der Waals surface area contributed by atoms with Crippen LogP contribution < -0.4 is 0 Å². The van der Waals surface area contributed by atoms with Gasteiger partial charge in [0.25, 0.3) is 0 Å². The lowest BCUT2D eigenvalue weighted by Gasteiger charge is -2.17. The van der Waals surface area contributed by atoms with Crippen molar-refractivity contribution in [3.8, 4) is 0 Å². The summed E-state index contributed by atoms with van der Waals surface area (Å²) in [5.74, 6) is -0.732. The van der Waals surface area contributed by atoms with Crippen molar-refractivity contribution in [2.75, 3.05) is 6.61 Å². The summed E-state index contributed by atoms with van der Waals surface area (Å²) >= 11 is 3.44. The number of rotatable bonds is 3. The number of aromatic nitrogens is 2. The van der Waals surface area contributed by atoms with E-state index in [1.54, 1.807) is 17.5 Å². The minimum atomic E-state index is -0.632. The van der Waals surface area contributed by atoms with Crippen molar-refractivity contribution in [3.63, 3.8) is 0 Å². The number of ether oxygens (including phenoxy) is 1. The maximum absolute atomic E-state index is 12.8. The number of nitrogens with zero attached hydrogens (tertiary/aromatic N) is 2. The molecule has 0 aromatic carbocycles. The van der Waals surface area contributed by atoms with Gasteiger partial charge in [-0.15, -0.1) is 0 Å². The van der Waals surface area contributed by atoms with E-state index < -0.39 is 11.4 Å². The van der Waals surface area contributed by atoms with Gasteiger partial charge in [-0.2, -0.15) is 0 Å². The van der Waals surface area contributed by atoms with E-state index in [1.807, 2.05) is 33.8 Å². The number of esters is 1. The molecule has 0 radical (unpaired) electrons. The van der Waals surface area contributed by atoms with Gasteiger partial charge in [-0.3, -0.25) is 9.20 Å². The molecule has 0 atom stereocenters. The Labute approximate surface area is 137 Å². The number of carbonyl (C=O) groups is 2. The summed E-state index contributed by atoms with van der Waals surface area (Å²) in [4.78, 5) is 29.3. The van der Waals surface area contributed by atoms with Crippen LogP contribution in [0.1, 0.15) is 54.2 Å². The van der Waals surface area contributed by atoms with E-state index in [-0.39, 0.29) is 23.8 Å². The Balaban J connectivity index is 2.81. The summed E-state index contributed by atoms with van der Waals surface area (Å²) < 4.78 is 7.44. The smallest absolute Gasteiger partial charge is 0.359 e. The van der Waals surface area contributed by atoms with Crippen LogP contribution in [0, 0.1) is 12.3 Å². The summed E-state index contributed by atoms with van der Waals surface area (Å²) in [6.07, 6.45) is 1.80. The number of Topliss-reactive ketones (excluding diaryl/α,β-unsaturated/α-hetero) is 1. The number of aryl methyl sites for hydroxylation is 1. The molecule has 2 aromatic heterocycles. The molecule has 0 spiro atoms. The minimum absolute atomic E-state index is 0.0630. The van der Waals surface area contributed by atoms with Crippen molar-refractivity contribution in [2.24, 2.45) is 5.41 Å². The molecule has 0 aliphatic rings. The number of ketones is 1. The zero-order valence-electron chi connectivity index (χ0n) is 13.4. The zero-order chi connectivity index (χ0) is 16.7. The van der Waals surface area contributed by atoms with Crippen LogP contribution >= 0.6 is 15.9 Å². The van der Waals surface area contributed by atoms with Crippen molar-refractivity contribution in [3.05, 3.63) is 33.7 Å². The van der Waals surface area contributed by atoms with E-state index in [4.69, 9.17) is 4.74 Å². The van der Waals surface area contributed by atoms with Crippen molar-refractivity contribution in [1.29, 1.82) is 0 Å². The molecule has 2 heterocycles. The fourth-order valence-corrected chi connectivity index (χ4v) is 2.79. The van der Waals surface area contributed by atoms with Crippen LogP contribution in [0.3, 0.4) is 0 Å². The average molecular weight is 367 g/mol. The van der Waals surface area contributed by atoms with Gasteiger partial charge in [0.05, 0.1) is 11.1 Å². The minimum Gasteiger partial charge on any atom is -0.461 e. The number of imidazole rings is 1. The zero-order valence-corrected chi connectivity index (χ0v) is 14.9. The molecule has 0 saturated carbocycles. The lowest BCUT2D eigenvalue weighted by molar-refractivity contribution is 0.0515. The van der Waals surface area contributed by atoms with Crippen LogP contribution in [0.5, 0.6) is 0 Å². The van der Waals surface area contributed by atoms with Gasteiger partial charge in [0.2, 0.25) is 0 Å². The fraction of sp³-hybridized carbons (Fsp3) is 0.438. The quantitative estimate of drug-likeness (QED) is 0.611. The van der Waals surface area contributed by atoms with Crippen LogP contribution in [0.15, 0.2) is 16.7 Å². The molecule has 6 heteroatoms. The summed E-state index contributed by atoms with van der Waals surface area (Å²) in [7, 11) is 0. The van der Waals surface area contributed by atoms with Gasteiger partial charge in [0.15, 0.2) is 17.1 Å². The van der Waals surface area contributed by atoms with Crippen LogP contribution in [0.2, 0.25) is 0 Å². The van der Waals surface area contributed by atoms with Gasteiger partial charge in [-0.25, -0.2) is 9.78 Å². The molecular formula is C16H19BrN2O3. The van der Waals surface area contributed by atoms with Gasteiger partial charge in [-0.05, 0) is 41.4 Å². The fourth-order valence-electron chi connectivity index (χ4n) is 2.15. The molecule has 118 valence electrons. The highest BCUT2D eigenvalue weighted by molar-refractivity contribution is 9.10. The maximum atomic E-state index is 12.8. The Bertz CT molecular complexity index is 757. The summed E-state index contributed by atoms with van der Waals surface area (Å²) in [5, 5.41) is 0. The molecule has 0 fully saturated rings. The van der Waals surface area contributed by atoms with Crippen molar-refractivity contribution in [2.45, 2.75) is 34.6 Å². The van der Waals surface area contributed by atoms with Gasteiger partial charge >= 0.3 is 5.97 Å². The molecular weight excluding hydrogens is 348 g/mol. The third kappa shape index (κ3) is 2.92. The Morgan fingerprint density at radius 2 is 2.00 bits per heavy atom. The molecule has 0 N–H and O–H groups in total. The van der Waals surface area contributed by atoms with E-state index in [0.29, 0.717) is 5.65 Å². The highest BCUT2D eigenvalue weighted by Crippen LogP contribution is 2.28. The van der Waals surface area contributed by atoms with Crippen LogP contribution in [-0.4, -0.2) is 27.7 Å². The lowest BCUT2D eigenvalue weighted by Crippen LogP contribution is -2.24. The molecule has 0 unspecified atom stereocenters. The number of fused-ring (bicyclic) bond motifs is 1. The predicted molar refractivity (Wildman–Crippen MR) is 87.4 cm³/mol. The molecule has 2 rings (SSSR count). The molecule has 0 aliphatic carbocycles. The third-order valence-electron chi connectivity index (χ3n) is 3.18. The average Bonchev–Trinajstić information content (AvgIpc) is 2.76. The third-order valence-corrected chi connectivity index (χ3v) is 3.76. The largest absolute Gasteiger partial charge is 0.461 e. The van der Waals surface area contributed by atoms with Gasteiger partial charge < -0.3 is 4.74 Å².